The number of benzene rings is 2. The highest BCUT2D eigenvalue weighted by Gasteiger charge is 2.21. The van der Waals surface area contributed by atoms with Crippen LogP contribution in [0.4, 0.5) is 0 Å². The van der Waals surface area contributed by atoms with Gasteiger partial charge in [-0.15, -0.1) is 12.4 Å². The van der Waals surface area contributed by atoms with Crippen LogP contribution in [-0.4, -0.2) is 40.3 Å². The van der Waals surface area contributed by atoms with E-state index < -0.39 is 0 Å². The standard InChI is InChI=1S/C24H35NO2.ClH/c1-18(2)25(19(3)4)15-14-22(21-10-6-5-7-11-21)23-17-20(9-8-16-26)12-13-24(23)27;/h5-7,10-13,17-19,22,26-27H,8-9,14-16H2,1-4H3;1H. The predicted molar refractivity (Wildman–Crippen MR) is 121 cm³/mol. The molecule has 1 atom stereocenters. The van der Waals surface area contributed by atoms with Crippen LogP contribution < -0.4 is 0 Å². The molecule has 28 heavy (non-hydrogen) atoms. The summed E-state index contributed by atoms with van der Waals surface area (Å²) in [7, 11) is 0. The summed E-state index contributed by atoms with van der Waals surface area (Å²) in [5.41, 5.74) is 3.39. The molecule has 0 spiro atoms. The number of aliphatic hydroxyl groups is 1. The number of hydrogen-bond donors (Lipinski definition) is 2. The molecule has 0 amide bonds. The molecule has 0 heterocycles. The molecule has 0 saturated heterocycles. The van der Waals surface area contributed by atoms with Gasteiger partial charge in [-0.05, 0) is 70.7 Å². The minimum absolute atomic E-state index is 0. The van der Waals surface area contributed by atoms with Crippen LogP contribution in [0.3, 0.4) is 0 Å². The third-order valence-corrected chi connectivity index (χ3v) is 5.30. The van der Waals surface area contributed by atoms with Gasteiger partial charge in [0.25, 0.3) is 0 Å². The molecule has 2 N–H and O–H groups in total. The average molecular weight is 406 g/mol. The van der Waals surface area contributed by atoms with Gasteiger partial charge in [0, 0.05) is 30.2 Å². The van der Waals surface area contributed by atoms with E-state index in [9.17, 15) is 5.11 Å². The molecule has 0 aliphatic carbocycles. The van der Waals surface area contributed by atoms with Gasteiger partial charge in [0.15, 0.2) is 0 Å². The zero-order chi connectivity index (χ0) is 19.8. The first-order chi connectivity index (χ1) is 12.9. The number of phenols is 1. The smallest absolute Gasteiger partial charge is 0.119 e. The van der Waals surface area contributed by atoms with E-state index in [1.165, 1.54) is 11.1 Å². The second-order valence-corrected chi connectivity index (χ2v) is 7.90. The Morgan fingerprint density at radius 2 is 1.57 bits per heavy atom. The van der Waals surface area contributed by atoms with Crippen LogP contribution in [0.5, 0.6) is 5.75 Å². The molecular weight excluding hydrogens is 370 g/mol. The molecule has 0 bridgehead atoms. The minimum atomic E-state index is 0. The van der Waals surface area contributed by atoms with Gasteiger partial charge in [-0.3, -0.25) is 4.90 Å². The Bertz CT molecular complexity index is 680. The van der Waals surface area contributed by atoms with Crippen LogP contribution in [0.15, 0.2) is 48.5 Å². The van der Waals surface area contributed by atoms with E-state index in [0.717, 1.165) is 31.4 Å². The van der Waals surface area contributed by atoms with Gasteiger partial charge in [0.1, 0.15) is 5.75 Å². The summed E-state index contributed by atoms with van der Waals surface area (Å²) in [5, 5.41) is 19.7. The molecule has 0 fully saturated rings. The van der Waals surface area contributed by atoms with Crippen LogP contribution in [0.25, 0.3) is 0 Å². The first-order valence-electron chi connectivity index (χ1n) is 10.2. The van der Waals surface area contributed by atoms with E-state index in [1.54, 1.807) is 6.07 Å². The van der Waals surface area contributed by atoms with Crippen molar-refractivity contribution in [3.63, 3.8) is 0 Å². The topological polar surface area (TPSA) is 43.7 Å². The number of aromatic hydroxyl groups is 1. The zero-order valence-corrected chi connectivity index (χ0v) is 18.5. The summed E-state index contributed by atoms with van der Waals surface area (Å²) in [6.45, 7) is 10.1. The van der Waals surface area contributed by atoms with Gasteiger partial charge in [0.05, 0.1) is 0 Å². The predicted octanol–water partition coefficient (Wildman–Crippen LogP) is 5.38. The summed E-state index contributed by atoms with van der Waals surface area (Å²) < 4.78 is 0. The van der Waals surface area contributed by atoms with Crippen molar-refractivity contribution >= 4 is 12.4 Å². The van der Waals surface area contributed by atoms with Crippen molar-refractivity contribution in [2.45, 2.75) is 65.0 Å². The van der Waals surface area contributed by atoms with Gasteiger partial charge < -0.3 is 10.2 Å². The molecule has 2 rings (SSSR count). The summed E-state index contributed by atoms with van der Waals surface area (Å²) >= 11 is 0. The maximum atomic E-state index is 10.6. The Morgan fingerprint density at radius 3 is 2.14 bits per heavy atom. The highest BCUT2D eigenvalue weighted by molar-refractivity contribution is 5.85. The van der Waals surface area contributed by atoms with Crippen molar-refractivity contribution in [3.8, 4) is 5.75 Å². The molecular formula is C24H36ClNO2. The van der Waals surface area contributed by atoms with Crippen molar-refractivity contribution < 1.29 is 10.2 Å². The summed E-state index contributed by atoms with van der Waals surface area (Å²) in [6, 6.07) is 17.3. The third kappa shape index (κ3) is 6.80. The van der Waals surface area contributed by atoms with Crippen LogP contribution in [-0.2, 0) is 6.42 Å². The highest BCUT2D eigenvalue weighted by atomic mass is 35.5. The molecule has 0 aromatic heterocycles. The molecule has 0 aliphatic heterocycles. The first kappa shape index (κ1) is 24.5. The number of nitrogens with zero attached hydrogens (tertiary/aromatic N) is 1. The SMILES string of the molecule is CC(C)N(CCC(c1ccccc1)c1cc(CCCO)ccc1O)C(C)C.Cl. The van der Waals surface area contributed by atoms with E-state index in [0.29, 0.717) is 17.8 Å². The van der Waals surface area contributed by atoms with Crippen molar-refractivity contribution in [2.24, 2.45) is 0 Å². The molecule has 0 saturated carbocycles. The lowest BCUT2D eigenvalue weighted by Crippen LogP contribution is -2.38. The largest absolute Gasteiger partial charge is 0.508 e. The van der Waals surface area contributed by atoms with Gasteiger partial charge in [0.2, 0.25) is 0 Å². The van der Waals surface area contributed by atoms with E-state index in [1.807, 2.05) is 12.1 Å². The second-order valence-electron chi connectivity index (χ2n) is 7.90. The van der Waals surface area contributed by atoms with Gasteiger partial charge in [-0.25, -0.2) is 0 Å². The Morgan fingerprint density at radius 1 is 0.929 bits per heavy atom. The Kier molecular flexibility index (Phi) is 10.6. The Labute approximate surface area is 176 Å². The van der Waals surface area contributed by atoms with Gasteiger partial charge in [-0.2, -0.15) is 0 Å². The number of aliphatic hydroxyl groups excluding tert-OH is 1. The number of aryl methyl sites for hydroxylation is 1. The highest BCUT2D eigenvalue weighted by Crippen LogP contribution is 2.35. The molecule has 3 nitrogen and oxygen atoms in total. The maximum absolute atomic E-state index is 10.6. The lowest BCUT2D eigenvalue weighted by atomic mass is 9.86. The lowest BCUT2D eigenvalue weighted by molar-refractivity contribution is 0.170. The maximum Gasteiger partial charge on any atom is 0.119 e. The van der Waals surface area contributed by atoms with Gasteiger partial charge >= 0.3 is 0 Å². The van der Waals surface area contributed by atoms with Crippen molar-refractivity contribution in [1.82, 2.24) is 4.90 Å². The number of halogens is 1. The van der Waals surface area contributed by atoms with Crippen molar-refractivity contribution in [2.75, 3.05) is 13.2 Å². The Balaban J connectivity index is 0.00000392. The average Bonchev–Trinajstić information content (AvgIpc) is 2.65. The summed E-state index contributed by atoms with van der Waals surface area (Å²) in [4.78, 5) is 2.50. The van der Waals surface area contributed by atoms with Crippen LogP contribution in [0, 0.1) is 0 Å². The molecule has 2 aromatic carbocycles. The number of hydrogen-bond acceptors (Lipinski definition) is 3. The van der Waals surface area contributed by atoms with E-state index in [-0.39, 0.29) is 24.9 Å². The zero-order valence-electron chi connectivity index (χ0n) is 17.6. The molecule has 4 heteroatoms. The van der Waals surface area contributed by atoms with Crippen molar-refractivity contribution in [1.29, 1.82) is 0 Å². The number of phenolic OH excluding ortho intramolecular Hbond substituents is 1. The molecule has 156 valence electrons. The van der Waals surface area contributed by atoms with Crippen LogP contribution >= 0.6 is 12.4 Å². The molecule has 2 aromatic rings. The fraction of sp³-hybridized carbons (Fsp3) is 0.500. The fourth-order valence-corrected chi connectivity index (χ4v) is 3.90. The minimum Gasteiger partial charge on any atom is -0.508 e. The monoisotopic (exact) mass is 405 g/mol. The van der Waals surface area contributed by atoms with Crippen LogP contribution in [0.1, 0.15) is 63.1 Å². The summed E-state index contributed by atoms with van der Waals surface area (Å²) in [5.74, 6) is 0.512. The molecule has 0 aliphatic rings. The van der Waals surface area contributed by atoms with E-state index in [4.69, 9.17) is 5.11 Å². The normalized spacial score (nSPS) is 12.4. The number of rotatable bonds is 10. The lowest BCUT2D eigenvalue weighted by Gasteiger charge is -2.32. The first-order valence-corrected chi connectivity index (χ1v) is 10.2. The van der Waals surface area contributed by atoms with Crippen molar-refractivity contribution in [3.05, 3.63) is 65.2 Å². The fourth-order valence-electron chi connectivity index (χ4n) is 3.90. The van der Waals surface area contributed by atoms with E-state index in [2.05, 4.69) is 62.9 Å². The van der Waals surface area contributed by atoms with Crippen LogP contribution in [0.2, 0.25) is 0 Å². The Hall–Kier alpha value is -1.55. The molecule has 0 radical (unpaired) electrons. The second kappa shape index (κ2) is 12.1. The van der Waals surface area contributed by atoms with E-state index >= 15 is 0 Å². The van der Waals surface area contributed by atoms with Gasteiger partial charge in [-0.1, -0.05) is 42.5 Å². The molecule has 1 unspecified atom stereocenters. The quantitative estimate of drug-likeness (QED) is 0.557. The summed E-state index contributed by atoms with van der Waals surface area (Å²) in [6.07, 6.45) is 2.53. The third-order valence-electron chi connectivity index (χ3n) is 5.30.